The molecular weight excluding hydrogens is 209 g/mol. The number of hydrogen-bond acceptors (Lipinski definition) is 3. The van der Waals surface area contributed by atoms with E-state index in [9.17, 15) is 14.0 Å². The van der Waals surface area contributed by atoms with E-state index in [2.05, 4.69) is 0 Å². The van der Waals surface area contributed by atoms with E-state index in [-0.39, 0.29) is 16.7 Å². The molecule has 0 amide bonds. The van der Waals surface area contributed by atoms with Gasteiger partial charge in [-0.05, 0) is 23.7 Å². The van der Waals surface area contributed by atoms with Gasteiger partial charge in [-0.25, -0.2) is 4.39 Å². The molecule has 0 fully saturated rings. The van der Waals surface area contributed by atoms with Gasteiger partial charge in [-0.3, -0.25) is 9.59 Å². The van der Waals surface area contributed by atoms with Gasteiger partial charge in [0, 0.05) is 11.1 Å². The first kappa shape index (κ1) is 10.4. The van der Waals surface area contributed by atoms with Crippen LogP contribution in [0, 0.1) is 17.1 Å². The Morgan fingerprint density at radius 3 is 2.64 bits per heavy atom. The van der Waals surface area contributed by atoms with Gasteiger partial charge < -0.3 is 0 Å². The molecule has 0 heterocycles. The quantitative estimate of drug-likeness (QED) is 0.554. The van der Waals surface area contributed by atoms with Crippen molar-refractivity contribution in [2.24, 2.45) is 0 Å². The van der Waals surface area contributed by atoms with Crippen LogP contribution in [0.3, 0.4) is 0 Å². The van der Waals surface area contributed by atoms with E-state index in [0.29, 0.717) is 6.29 Å². The molecule has 0 N–H and O–H groups in total. The third-order valence-electron chi connectivity index (χ3n) is 1.59. The number of benzene rings is 1. The summed E-state index contributed by atoms with van der Waals surface area (Å²) in [4.78, 5) is 21.1. The first-order valence-corrected chi connectivity index (χ1v) is 3.86. The lowest BCUT2D eigenvalue weighted by atomic mass is 10.1. The molecule has 1 aromatic rings. The molecule has 0 aliphatic rings. The molecule has 3 nitrogen and oxygen atoms in total. The topological polar surface area (TPSA) is 57.9 Å². The highest BCUT2D eigenvalue weighted by atomic mass is 35.5. The molecule has 1 rings (SSSR count). The average molecular weight is 212 g/mol. The lowest BCUT2D eigenvalue weighted by Gasteiger charge is -1.99. The van der Waals surface area contributed by atoms with Crippen molar-refractivity contribution in [3.05, 3.63) is 34.6 Å². The Morgan fingerprint density at radius 2 is 2.21 bits per heavy atom. The summed E-state index contributed by atoms with van der Waals surface area (Å²) in [5, 5.41) is 7.61. The zero-order valence-electron chi connectivity index (χ0n) is 6.75. The lowest BCUT2D eigenvalue weighted by molar-refractivity contribution is 0.108. The maximum atomic E-state index is 13.1. The zero-order valence-corrected chi connectivity index (χ0v) is 7.51. The Balaban J connectivity index is 3.48. The van der Waals surface area contributed by atoms with Crippen LogP contribution in [0.15, 0.2) is 12.1 Å². The summed E-state index contributed by atoms with van der Waals surface area (Å²) in [5.74, 6) is -0.930. The minimum absolute atomic E-state index is 0.148. The fourth-order valence-electron chi connectivity index (χ4n) is 0.952. The smallest absolute Gasteiger partial charge is 0.252 e. The molecule has 70 valence electrons. The fourth-order valence-corrected chi connectivity index (χ4v) is 1.06. The highest BCUT2D eigenvalue weighted by molar-refractivity contribution is 6.67. The van der Waals surface area contributed by atoms with E-state index >= 15 is 0 Å². The summed E-state index contributed by atoms with van der Waals surface area (Å²) >= 11 is 5.10. The Kier molecular flexibility index (Phi) is 2.95. The van der Waals surface area contributed by atoms with Gasteiger partial charge in [0.05, 0.1) is 5.56 Å². The van der Waals surface area contributed by atoms with Crippen LogP contribution in [-0.2, 0) is 0 Å². The first-order chi connectivity index (χ1) is 6.60. The Bertz CT molecular complexity index is 451. The minimum atomic E-state index is -0.930. The molecule has 14 heavy (non-hydrogen) atoms. The third kappa shape index (κ3) is 1.78. The summed E-state index contributed by atoms with van der Waals surface area (Å²) in [6.45, 7) is 0. The number of carbonyl (C=O) groups excluding carboxylic acids is 2. The number of halogens is 2. The lowest BCUT2D eigenvalue weighted by Crippen LogP contribution is -1.98. The van der Waals surface area contributed by atoms with Crippen molar-refractivity contribution in [3.63, 3.8) is 0 Å². The normalized spacial score (nSPS) is 9.21. The molecule has 0 unspecified atom stereocenters. The van der Waals surface area contributed by atoms with Crippen molar-refractivity contribution in [3.8, 4) is 6.07 Å². The molecule has 0 saturated heterocycles. The van der Waals surface area contributed by atoms with Crippen LogP contribution in [0.2, 0.25) is 0 Å². The van der Waals surface area contributed by atoms with Crippen LogP contribution in [0.1, 0.15) is 26.3 Å². The number of carbonyl (C=O) groups is 2. The van der Waals surface area contributed by atoms with Crippen molar-refractivity contribution < 1.29 is 14.0 Å². The molecule has 0 aliphatic heterocycles. The number of hydrogen-bond donors (Lipinski definition) is 0. The SMILES string of the molecule is N#Cc1c(F)cc(C(=O)Cl)cc1C=O. The monoisotopic (exact) mass is 211 g/mol. The zero-order chi connectivity index (χ0) is 10.7. The van der Waals surface area contributed by atoms with Crippen molar-refractivity contribution in [2.75, 3.05) is 0 Å². The average Bonchev–Trinajstić information content (AvgIpc) is 2.16. The van der Waals surface area contributed by atoms with E-state index in [0.717, 1.165) is 12.1 Å². The summed E-state index contributed by atoms with van der Waals surface area (Å²) in [6.07, 6.45) is 0.297. The van der Waals surface area contributed by atoms with Crippen LogP contribution >= 0.6 is 11.6 Å². The van der Waals surface area contributed by atoms with Gasteiger partial charge >= 0.3 is 0 Å². The van der Waals surface area contributed by atoms with Crippen LogP contribution in [0.5, 0.6) is 0 Å². The largest absolute Gasteiger partial charge is 0.298 e. The van der Waals surface area contributed by atoms with Crippen LogP contribution in [0.25, 0.3) is 0 Å². The Hall–Kier alpha value is -1.73. The predicted molar refractivity (Wildman–Crippen MR) is 46.7 cm³/mol. The van der Waals surface area contributed by atoms with Gasteiger partial charge in [0.1, 0.15) is 11.9 Å². The minimum Gasteiger partial charge on any atom is -0.298 e. The van der Waals surface area contributed by atoms with E-state index in [1.165, 1.54) is 6.07 Å². The van der Waals surface area contributed by atoms with E-state index in [4.69, 9.17) is 16.9 Å². The van der Waals surface area contributed by atoms with E-state index < -0.39 is 11.1 Å². The van der Waals surface area contributed by atoms with Crippen molar-refractivity contribution in [1.29, 1.82) is 5.26 Å². The van der Waals surface area contributed by atoms with Crippen LogP contribution in [-0.4, -0.2) is 11.5 Å². The predicted octanol–water partition coefficient (Wildman–Crippen LogP) is 1.89. The second kappa shape index (κ2) is 3.99. The van der Waals surface area contributed by atoms with E-state index in [1.807, 2.05) is 0 Å². The third-order valence-corrected chi connectivity index (χ3v) is 1.80. The summed E-state index contributed by atoms with van der Waals surface area (Å²) < 4.78 is 13.1. The molecule has 0 atom stereocenters. The van der Waals surface area contributed by atoms with Gasteiger partial charge in [-0.2, -0.15) is 5.26 Å². The second-order valence-electron chi connectivity index (χ2n) is 2.43. The number of rotatable bonds is 2. The van der Waals surface area contributed by atoms with Crippen molar-refractivity contribution in [1.82, 2.24) is 0 Å². The van der Waals surface area contributed by atoms with Gasteiger partial charge in [0.25, 0.3) is 5.24 Å². The Morgan fingerprint density at radius 1 is 1.57 bits per heavy atom. The summed E-state index contributed by atoms with van der Waals surface area (Å²) in [7, 11) is 0. The second-order valence-corrected chi connectivity index (χ2v) is 2.77. The summed E-state index contributed by atoms with van der Waals surface area (Å²) in [6, 6.07) is 3.41. The number of aldehydes is 1. The molecule has 0 aliphatic carbocycles. The standard InChI is InChI=1S/C9H3ClFNO2/c10-9(14)5-1-6(4-13)7(3-12)8(11)2-5/h1-2,4H. The molecule has 0 saturated carbocycles. The molecule has 0 aromatic heterocycles. The van der Waals surface area contributed by atoms with Gasteiger partial charge in [-0.1, -0.05) is 0 Å². The molecule has 5 heteroatoms. The first-order valence-electron chi connectivity index (χ1n) is 3.48. The maximum absolute atomic E-state index is 13.1. The molecule has 0 bridgehead atoms. The van der Waals surface area contributed by atoms with E-state index in [1.54, 1.807) is 0 Å². The van der Waals surface area contributed by atoms with Gasteiger partial charge in [0.2, 0.25) is 0 Å². The highest BCUT2D eigenvalue weighted by Crippen LogP contribution is 2.15. The summed E-state index contributed by atoms with van der Waals surface area (Å²) in [5.41, 5.74) is -0.719. The highest BCUT2D eigenvalue weighted by Gasteiger charge is 2.12. The molecular formula is C9H3ClFNO2. The van der Waals surface area contributed by atoms with Crippen molar-refractivity contribution >= 4 is 23.1 Å². The number of nitrogens with zero attached hydrogens (tertiary/aromatic N) is 1. The molecule has 0 spiro atoms. The molecule has 1 aromatic carbocycles. The van der Waals surface area contributed by atoms with Crippen LogP contribution in [0.4, 0.5) is 4.39 Å². The van der Waals surface area contributed by atoms with Gasteiger partial charge in [-0.15, -0.1) is 0 Å². The maximum Gasteiger partial charge on any atom is 0.252 e. The van der Waals surface area contributed by atoms with Crippen molar-refractivity contribution in [2.45, 2.75) is 0 Å². The fraction of sp³-hybridized carbons (Fsp3) is 0. The van der Waals surface area contributed by atoms with Gasteiger partial charge in [0.15, 0.2) is 6.29 Å². The molecule has 0 radical (unpaired) electrons. The number of nitriles is 1. The Labute approximate surface area is 83.7 Å². The van der Waals surface area contributed by atoms with Crippen LogP contribution < -0.4 is 0 Å².